The molecule has 3 rings (SSSR count). The molecule has 0 amide bonds. The second kappa shape index (κ2) is 7.03. The lowest BCUT2D eigenvalue weighted by molar-refractivity contribution is 0.580. The Kier molecular flexibility index (Phi) is 5.01. The maximum Gasteiger partial charge on any atom is 0.240 e. The highest BCUT2D eigenvalue weighted by atomic mass is 35.5. The molecule has 1 N–H and O–H groups in total. The Balaban J connectivity index is 1.73. The summed E-state index contributed by atoms with van der Waals surface area (Å²) in [7, 11) is -3.62. The van der Waals surface area contributed by atoms with Crippen molar-refractivity contribution in [1.29, 1.82) is 0 Å². The number of aryl methyl sites for hydroxylation is 1. The number of rotatable bonds is 5. The number of sulfonamides is 1. The van der Waals surface area contributed by atoms with E-state index in [9.17, 15) is 8.42 Å². The van der Waals surface area contributed by atoms with Crippen LogP contribution in [0.25, 0.3) is 10.6 Å². The molecule has 0 bridgehead atoms. The van der Waals surface area contributed by atoms with E-state index in [1.54, 1.807) is 12.1 Å². The van der Waals surface area contributed by atoms with Gasteiger partial charge in [0.1, 0.15) is 5.01 Å². The maximum atomic E-state index is 12.4. The van der Waals surface area contributed by atoms with E-state index in [0.717, 1.165) is 16.1 Å². The highest BCUT2D eigenvalue weighted by Crippen LogP contribution is 2.24. The number of hydrogen-bond donors (Lipinski definition) is 1. The van der Waals surface area contributed by atoms with Gasteiger partial charge >= 0.3 is 0 Å². The standard InChI is InChI=1S/C17H15ClN2O2S2/c1-12-7-8-15(9-16(12)18)24(21,22)19-10-14-11-23-17(20-14)13-5-3-2-4-6-13/h2-9,11,19H,10H2,1H3. The molecule has 3 aromatic rings. The lowest BCUT2D eigenvalue weighted by Crippen LogP contribution is -2.23. The predicted octanol–water partition coefficient (Wildman–Crippen LogP) is 4.25. The topological polar surface area (TPSA) is 59.1 Å². The van der Waals surface area contributed by atoms with Crippen LogP contribution in [0.1, 0.15) is 11.3 Å². The van der Waals surface area contributed by atoms with Crippen LogP contribution in [0.2, 0.25) is 5.02 Å². The van der Waals surface area contributed by atoms with Gasteiger partial charge in [-0.1, -0.05) is 48.0 Å². The Bertz CT molecular complexity index is 954. The molecule has 4 nitrogen and oxygen atoms in total. The molecule has 0 aliphatic rings. The van der Waals surface area contributed by atoms with E-state index in [1.807, 2.05) is 42.6 Å². The zero-order valence-corrected chi connectivity index (χ0v) is 15.3. The number of nitrogens with zero attached hydrogens (tertiary/aromatic N) is 1. The van der Waals surface area contributed by atoms with Crippen LogP contribution in [0.5, 0.6) is 0 Å². The second-order valence-electron chi connectivity index (χ2n) is 5.25. The molecule has 0 unspecified atom stereocenters. The van der Waals surface area contributed by atoms with E-state index in [2.05, 4.69) is 9.71 Å². The summed E-state index contributed by atoms with van der Waals surface area (Å²) in [5.41, 5.74) is 2.53. The van der Waals surface area contributed by atoms with Crippen LogP contribution in [0.3, 0.4) is 0 Å². The molecular weight excluding hydrogens is 364 g/mol. The molecule has 0 spiro atoms. The third kappa shape index (κ3) is 3.84. The normalized spacial score (nSPS) is 11.6. The summed E-state index contributed by atoms with van der Waals surface area (Å²) in [5.74, 6) is 0. The summed E-state index contributed by atoms with van der Waals surface area (Å²) in [6.45, 7) is 1.96. The molecule has 2 aromatic carbocycles. The van der Waals surface area contributed by atoms with Crippen LogP contribution >= 0.6 is 22.9 Å². The van der Waals surface area contributed by atoms with Crippen LogP contribution in [0.15, 0.2) is 58.8 Å². The molecule has 0 atom stereocenters. The molecule has 24 heavy (non-hydrogen) atoms. The highest BCUT2D eigenvalue weighted by molar-refractivity contribution is 7.89. The molecule has 0 fully saturated rings. The molecular formula is C17H15ClN2O2S2. The van der Waals surface area contributed by atoms with E-state index in [1.165, 1.54) is 17.4 Å². The van der Waals surface area contributed by atoms with Gasteiger partial charge < -0.3 is 0 Å². The Morgan fingerprint density at radius 2 is 1.92 bits per heavy atom. The zero-order chi connectivity index (χ0) is 17.2. The summed E-state index contributed by atoms with van der Waals surface area (Å²) in [6.07, 6.45) is 0. The fourth-order valence-electron chi connectivity index (χ4n) is 2.09. The lowest BCUT2D eigenvalue weighted by atomic mass is 10.2. The first-order valence-electron chi connectivity index (χ1n) is 7.21. The van der Waals surface area contributed by atoms with Crippen molar-refractivity contribution in [3.05, 3.63) is 70.2 Å². The van der Waals surface area contributed by atoms with Crippen LogP contribution < -0.4 is 4.72 Å². The molecule has 1 heterocycles. The van der Waals surface area contributed by atoms with Gasteiger partial charge in [0.05, 0.1) is 17.1 Å². The van der Waals surface area contributed by atoms with Crippen molar-refractivity contribution in [2.45, 2.75) is 18.4 Å². The van der Waals surface area contributed by atoms with Gasteiger partial charge in [0.25, 0.3) is 0 Å². The first kappa shape index (κ1) is 17.1. The van der Waals surface area contributed by atoms with Gasteiger partial charge in [-0.25, -0.2) is 18.1 Å². The number of benzene rings is 2. The van der Waals surface area contributed by atoms with Gasteiger partial charge in [-0.15, -0.1) is 11.3 Å². The third-order valence-electron chi connectivity index (χ3n) is 3.47. The second-order valence-corrected chi connectivity index (χ2v) is 8.28. The Hall–Kier alpha value is -1.73. The van der Waals surface area contributed by atoms with E-state index in [0.29, 0.717) is 10.7 Å². The number of nitrogens with one attached hydrogen (secondary N) is 1. The lowest BCUT2D eigenvalue weighted by Gasteiger charge is -2.07. The Labute approximate surface area is 150 Å². The first-order chi connectivity index (χ1) is 11.5. The molecule has 1 aromatic heterocycles. The van der Waals surface area contributed by atoms with Crippen molar-refractivity contribution in [1.82, 2.24) is 9.71 Å². The van der Waals surface area contributed by atoms with Crippen LogP contribution in [-0.4, -0.2) is 13.4 Å². The summed E-state index contributed by atoms with van der Waals surface area (Å²) in [4.78, 5) is 4.62. The van der Waals surface area contributed by atoms with E-state index in [-0.39, 0.29) is 11.4 Å². The summed E-state index contributed by atoms with van der Waals surface area (Å²) in [5, 5.41) is 3.15. The van der Waals surface area contributed by atoms with Crippen molar-refractivity contribution < 1.29 is 8.42 Å². The molecule has 0 saturated carbocycles. The summed E-state index contributed by atoms with van der Waals surface area (Å²) in [6, 6.07) is 14.5. The molecule has 0 radical (unpaired) electrons. The van der Waals surface area contributed by atoms with Gasteiger partial charge in [-0.3, -0.25) is 0 Å². The molecule has 7 heteroatoms. The van der Waals surface area contributed by atoms with Gasteiger partial charge in [-0.2, -0.15) is 0 Å². The average molecular weight is 379 g/mol. The SMILES string of the molecule is Cc1ccc(S(=O)(=O)NCc2csc(-c3ccccc3)n2)cc1Cl. The number of hydrogen-bond acceptors (Lipinski definition) is 4. The van der Waals surface area contributed by atoms with Crippen LogP contribution in [-0.2, 0) is 16.6 Å². The monoisotopic (exact) mass is 378 g/mol. The van der Waals surface area contributed by atoms with Crippen molar-refractivity contribution >= 4 is 33.0 Å². The molecule has 0 aliphatic heterocycles. The Morgan fingerprint density at radius 3 is 2.62 bits per heavy atom. The van der Waals surface area contributed by atoms with Gasteiger partial charge in [-0.05, 0) is 24.6 Å². The number of thiazole rings is 1. The third-order valence-corrected chi connectivity index (χ3v) is 6.22. The minimum atomic E-state index is -3.62. The minimum absolute atomic E-state index is 0.136. The first-order valence-corrected chi connectivity index (χ1v) is 9.95. The van der Waals surface area contributed by atoms with Gasteiger partial charge in [0.15, 0.2) is 0 Å². The molecule has 0 saturated heterocycles. The van der Waals surface area contributed by atoms with Gasteiger partial charge in [0, 0.05) is 16.0 Å². The smallest absolute Gasteiger partial charge is 0.240 e. The van der Waals surface area contributed by atoms with Crippen molar-refractivity contribution in [3.63, 3.8) is 0 Å². The number of halogens is 1. The minimum Gasteiger partial charge on any atom is -0.240 e. The van der Waals surface area contributed by atoms with Crippen molar-refractivity contribution in [3.8, 4) is 10.6 Å². The van der Waals surface area contributed by atoms with Gasteiger partial charge in [0.2, 0.25) is 10.0 Å². The fraction of sp³-hybridized carbons (Fsp3) is 0.118. The van der Waals surface area contributed by atoms with E-state index < -0.39 is 10.0 Å². The molecule has 124 valence electrons. The number of aromatic nitrogens is 1. The maximum absolute atomic E-state index is 12.4. The van der Waals surface area contributed by atoms with Crippen LogP contribution in [0, 0.1) is 6.92 Å². The summed E-state index contributed by atoms with van der Waals surface area (Å²) < 4.78 is 27.3. The van der Waals surface area contributed by atoms with Crippen molar-refractivity contribution in [2.75, 3.05) is 0 Å². The summed E-state index contributed by atoms with van der Waals surface area (Å²) >= 11 is 7.49. The Morgan fingerprint density at radius 1 is 1.17 bits per heavy atom. The van der Waals surface area contributed by atoms with E-state index >= 15 is 0 Å². The predicted molar refractivity (Wildman–Crippen MR) is 97.8 cm³/mol. The zero-order valence-electron chi connectivity index (χ0n) is 12.9. The quantitative estimate of drug-likeness (QED) is 0.722. The largest absolute Gasteiger partial charge is 0.240 e. The highest BCUT2D eigenvalue weighted by Gasteiger charge is 2.15. The van der Waals surface area contributed by atoms with E-state index in [4.69, 9.17) is 11.6 Å². The van der Waals surface area contributed by atoms with Crippen LogP contribution in [0.4, 0.5) is 0 Å². The average Bonchev–Trinajstić information content (AvgIpc) is 3.05. The fourth-order valence-corrected chi connectivity index (χ4v) is 4.19. The molecule has 0 aliphatic carbocycles. The van der Waals surface area contributed by atoms with Crippen molar-refractivity contribution in [2.24, 2.45) is 0 Å².